The van der Waals surface area contributed by atoms with Crippen molar-refractivity contribution in [2.45, 2.75) is 44.1 Å². The SMILES string of the molecule is O=CC1C2CC(c3ncc(-c4cn5c6c(nc5cc4F)CCC6c4ccccc4OC(F)F)cn3)CC12. The highest BCUT2D eigenvalue weighted by molar-refractivity contribution is 5.65. The molecule has 0 spiro atoms. The van der Waals surface area contributed by atoms with Gasteiger partial charge in [-0.15, -0.1) is 0 Å². The second-order valence-electron chi connectivity index (χ2n) is 10.3. The fourth-order valence-corrected chi connectivity index (χ4v) is 6.58. The Morgan fingerprint density at radius 3 is 2.59 bits per heavy atom. The van der Waals surface area contributed by atoms with Crippen molar-refractivity contribution in [2.75, 3.05) is 0 Å². The molecule has 6 nitrogen and oxygen atoms in total. The summed E-state index contributed by atoms with van der Waals surface area (Å²) in [6, 6.07) is 8.19. The number of fused-ring (bicyclic) bond motifs is 4. The monoisotopic (exact) mass is 504 g/mol. The molecule has 9 heteroatoms. The second kappa shape index (κ2) is 8.39. The van der Waals surface area contributed by atoms with Crippen molar-refractivity contribution < 1.29 is 22.7 Å². The number of aromatic nitrogens is 4. The van der Waals surface area contributed by atoms with Gasteiger partial charge in [-0.3, -0.25) is 0 Å². The number of aldehydes is 1. The lowest BCUT2D eigenvalue weighted by molar-refractivity contribution is -0.109. The highest BCUT2D eigenvalue weighted by Crippen LogP contribution is 2.60. The van der Waals surface area contributed by atoms with Gasteiger partial charge in [-0.25, -0.2) is 19.3 Å². The van der Waals surface area contributed by atoms with E-state index < -0.39 is 12.4 Å². The molecule has 3 unspecified atom stereocenters. The predicted octanol–water partition coefficient (Wildman–Crippen LogP) is 5.55. The summed E-state index contributed by atoms with van der Waals surface area (Å²) in [6.45, 7) is -2.92. The largest absolute Gasteiger partial charge is 0.435 e. The molecule has 0 amide bonds. The number of para-hydroxylation sites is 1. The van der Waals surface area contributed by atoms with Gasteiger partial charge in [0.2, 0.25) is 0 Å². The third-order valence-corrected chi connectivity index (χ3v) is 8.35. The number of alkyl halides is 2. The van der Waals surface area contributed by atoms with Crippen LogP contribution in [0.2, 0.25) is 0 Å². The second-order valence-corrected chi connectivity index (χ2v) is 10.3. The summed E-state index contributed by atoms with van der Waals surface area (Å²) in [6.07, 6.45) is 9.26. The molecule has 0 saturated heterocycles. The number of hydrogen-bond acceptors (Lipinski definition) is 5. The maximum Gasteiger partial charge on any atom is 0.387 e. The molecule has 0 aliphatic heterocycles. The number of carbonyl (C=O) groups excluding carboxylic acids is 1. The molecule has 4 aromatic rings. The van der Waals surface area contributed by atoms with Crippen molar-refractivity contribution in [3.05, 3.63) is 77.5 Å². The normalized spacial score (nSPS) is 25.9. The van der Waals surface area contributed by atoms with E-state index in [4.69, 9.17) is 4.74 Å². The smallest absolute Gasteiger partial charge is 0.387 e. The average molecular weight is 505 g/mol. The fraction of sp³-hybridized carbons (Fsp3) is 0.357. The van der Waals surface area contributed by atoms with Gasteiger partial charge in [0.05, 0.1) is 11.4 Å². The molecule has 0 radical (unpaired) electrons. The van der Waals surface area contributed by atoms with Crippen LogP contribution < -0.4 is 4.74 Å². The van der Waals surface area contributed by atoms with E-state index in [1.807, 2.05) is 4.40 Å². The maximum atomic E-state index is 15.2. The standard InChI is InChI=1S/C28H23F3N4O2/c29-22-9-25-34-23-6-5-17(16-3-1-2-4-24(16)37-28(30)31)26(23)35(25)12-20(22)15-10-32-27(33-11-15)14-7-18-19(8-14)21(18)13-36/h1-4,9-14,17-19,21,28H,5-8H2. The number of ether oxygens (including phenoxy) is 1. The number of imidazole rings is 1. The Hall–Kier alpha value is -3.75. The van der Waals surface area contributed by atoms with Crippen LogP contribution in [0, 0.1) is 23.6 Å². The number of aryl methyl sites for hydroxylation is 1. The van der Waals surface area contributed by atoms with Gasteiger partial charge in [-0.2, -0.15) is 8.78 Å². The Morgan fingerprint density at radius 1 is 1.11 bits per heavy atom. The topological polar surface area (TPSA) is 69.4 Å². The van der Waals surface area contributed by atoms with Crippen molar-refractivity contribution in [1.82, 2.24) is 19.4 Å². The number of halogens is 3. The van der Waals surface area contributed by atoms with Crippen molar-refractivity contribution in [3.63, 3.8) is 0 Å². The number of hydrogen-bond donors (Lipinski definition) is 0. The summed E-state index contributed by atoms with van der Waals surface area (Å²) in [5.74, 6) is 1.59. The molecular formula is C28H23F3N4O2. The van der Waals surface area contributed by atoms with E-state index in [0.29, 0.717) is 47.0 Å². The molecule has 3 aliphatic carbocycles. The van der Waals surface area contributed by atoms with E-state index in [1.54, 1.807) is 42.9 Å². The summed E-state index contributed by atoms with van der Waals surface area (Å²) in [4.78, 5) is 24.8. The number of benzene rings is 1. The lowest BCUT2D eigenvalue weighted by atomic mass is 9.95. The third kappa shape index (κ3) is 3.62. The van der Waals surface area contributed by atoms with Crippen molar-refractivity contribution in [3.8, 4) is 16.9 Å². The van der Waals surface area contributed by atoms with Gasteiger partial charge >= 0.3 is 6.61 Å². The van der Waals surface area contributed by atoms with E-state index in [0.717, 1.165) is 36.3 Å². The first kappa shape index (κ1) is 22.4. The lowest BCUT2D eigenvalue weighted by Crippen LogP contribution is -2.08. The number of carbonyl (C=O) groups is 1. The summed E-state index contributed by atoms with van der Waals surface area (Å²) >= 11 is 0. The molecule has 7 rings (SSSR count). The number of pyridine rings is 1. The van der Waals surface area contributed by atoms with Gasteiger partial charge in [0.1, 0.15) is 29.3 Å². The average Bonchev–Trinajstić information content (AvgIpc) is 3.24. The molecule has 3 heterocycles. The molecule has 3 atom stereocenters. The van der Waals surface area contributed by atoms with Crippen LogP contribution in [0.15, 0.2) is 48.9 Å². The molecular weight excluding hydrogens is 481 g/mol. The van der Waals surface area contributed by atoms with Crippen molar-refractivity contribution >= 4 is 11.9 Å². The van der Waals surface area contributed by atoms with Gasteiger partial charge in [0.25, 0.3) is 0 Å². The third-order valence-electron chi connectivity index (χ3n) is 8.35. The van der Waals surface area contributed by atoms with Crippen LogP contribution in [0.3, 0.4) is 0 Å². The van der Waals surface area contributed by atoms with Crippen LogP contribution in [-0.2, 0) is 11.2 Å². The van der Waals surface area contributed by atoms with E-state index in [9.17, 15) is 13.6 Å². The Kier molecular flexibility index (Phi) is 5.09. The quantitative estimate of drug-likeness (QED) is 0.322. The van der Waals surface area contributed by atoms with Gasteiger partial charge in [0, 0.05) is 59.1 Å². The minimum Gasteiger partial charge on any atom is -0.435 e. The van der Waals surface area contributed by atoms with E-state index in [2.05, 4.69) is 15.0 Å². The predicted molar refractivity (Wildman–Crippen MR) is 128 cm³/mol. The molecule has 2 saturated carbocycles. The van der Waals surface area contributed by atoms with Crippen LogP contribution >= 0.6 is 0 Å². The fourth-order valence-electron chi connectivity index (χ4n) is 6.58. The molecule has 188 valence electrons. The van der Waals surface area contributed by atoms with Gasteiger partial charge < -0.3 is 13.9 Å². The summed E-state index contributed by atoms with van der Waals surface area (Å²) in [7, 11) is 0. The molecule has 2 fully saturated rings. The van der Waals surface area contributed by atoms with E-state index in [-0.39, 0.29) is 23.5 Å². The number of rotatable bonds is 6. The van der Waals surface area contributed by atoms with Gasteiger partial charge in [-0.1, -0.05) is 18.2 Å². The van der Waals surface area contributed by atoms with Gasteiger partial charge in [-0.05, 0) is 43.6 Å². The van der Waals surface area contributed by atoms with Crippen LogP contribution in [0.25, 0.3) is 16.8 Å². The minimum absolute atomic E-state index is 0.139. The Bertz CT molecular complexity index is 1510. The summed E-state index contributed by atoms with van der Waals surface area (Å²) in [5.41, 5.74) is 3.71. The first-order valence-corrected chi connectivity index (χ1v) is 12.5. The highest BCUT2D eigenvalue weighted by Gasteiger charge is 2.56. The first-order chi connectivity index (χ1) is 18.0. The number of nitrogens with zero attached hydrogens (tertiary/aromatic N) is 4. The molecule has 37 heavy (non-hydrogen) atoms. The summed E-state index contributed by atoms with van der Waals surface area (Å²) < 4.78 is 47.9. The Morgan fingerprint density at radius 2 is 1.86 bits per heavy atom. The van der Waals surface area contributed by atoms with Crippen LogP contribution in [-0.4, -0.2) is 32.3 Å². The van der Waals surface area contributed by atoms with Crippen LogP contribution in [0.4, 0.5) is 13.2 Å². The van der Waals surface area contributed by atoms with E-state index >= 15 is 4.39 Å². The van der Waals surface area contributed by atoms with Crippen LogP contribution in [0.1, 0.15) is 53.9 Å². The molecule has 3 aromatic heterocycles. The molecule has 0 bridgehead atoms. The first-order valence-electron chi connectivity index (χ1n) is 12.5. The van der Waals surface area contributed by atoms with Crippen molar-refractivity contribution in [2.24, 2.45) is 17.8 Å². The molecule has 0 N–H and O–H groups in total. The summed E-state index contributed by atoms with van der Waals surface area (Å²) in [5, 5.41) is 0. The van der Waals surface area contributed by atoms with Gasteiger partial charge in [0.15, 0.2) is 0 Å². The zero-order valence-electron chi connectivity index (χ0n) is 19.7. The minimum atomic E-state index is -2.92. The Balaban J connectivity index is 1.22. The zero-order valence-corrected chi connectivity index (χ0v) is 19.7. The maximum absolute atomic E-state index is 15.2. The molecule has 1 aromatic carbocycles. The molecule has 3 aliphatic rings. The Labute approximate surface area is 210 Å². The lowest BCUT2D eigenvalue weighted by Gasteiger charge is -2.17. The highest BCUT2D eigenvalue weighted by atomic mass is 19.3. The van der Waals surface area contributed by atoms with Crippen molar-refractivity contribution in [1.29, 1.82) is 0 Å². The zero-order chi connectivity index (χ0) is 25.3. The van der Waals surface area contributed by atoms with Crippen LogP contribution in [0.5, 0.6) is 5.75 Å². The van der Waals surface area contributed by atoms with E-state index in [1.165, 1.54) is 6.07 Å².